The summed E-state index contributed by atoms with van der Waals surface area (Å²) < 4.78 is 1.23. The van der Waals surface area contributed by atoms with Gasteiger partial charge in [-0.3, -0.25) is 0 Å². The third kappa shape index (κ3) is 1.42. The van der Waals surface area contributed by atoms with Gasteiger partial charge < -0.3 is 0 Å². The average Bonchev–Trinajstić information content (AvgIpc) is 2.81. The quantitative estimate of drug-likeness (QED) is 0.603. The van der Waals surface area contributed by atoms with Crippen LogP contribution in [0.15, 0.2) is 58.4 Å². The van der Waals surface area contributed by atoms with Gasteiger partial charge in [0.25, 0.3) is 0 Å². The SMILES string of the molecule is Brc1cc2c(s1)-c1ccccc1C1C=CC=CC21. The lowest BCUT2D eigenvalue weighted by Gasteiger charge is -2.31. The minimum absolute atomic E-state index is 0.500. The molecule has 88 valence electrons. The first-order valence-corrected chi connectivity index (χ1v) is 7.69. The molecule has 2 aliphatic carbocycles. The Kier molecular flexibility index (Phi) is 2.36. The highest BCUT2D eigenvalue weighted by molar-refractivity contribution is 9.11. The Balaban J connectivity index is 2.05. The number of hydrogen-bond acceptors (Lipinski definition) is 1. The van der Waals surface area contributed by atoms with Crippen LogP contribution in [0.5, 0.6) is 0 Å². The van der Waals surface area contributed by atoms with Crippen molar-refractivity contribution in [3.63, 3.8) is 0 Å². The topological polar surface area (TPSA) is 0 Å². The molecule has 0 spiro atoms. The van der Waals surface area contributed by atoms with E-state index in [1.165, 1.54) is 25.4 Å². The van der Waals surface area contributed by atoms with Crippen molar-refractivity contribution >= 4 is 27.3 Å². The standard InChI is InChI=1S/C16H11BrS/c17-15-9-14-12-7-2-1-5-10(12)11-6-3-4-8-13(11)16(14)18-15/h1-10,12H. The second-order valence-corrected chi connectivity index (χ2v) is 7.18. The third-order valence-electron chi connectivity index (χ3n) is 3.79. The molecule has 2 aliphatic rings. The maximum Gasteiger partial charge on any atom is 0.0708 e. The van der Waals surface area contributed by atoms with E-state index in [9.17, 15) is 0 Å². The van der Waals surface area contributed by atoms with Gasteiger partial charge >= 0.3 is 0 Å². The number of benzene rings is 1. The van der Waals surface area contributed by atoms with Crippen molar-refractivity contribution in [1.29, 1.82) is 0 Å². The molecule has 0 N–H and O–H groups in total. The molecule has 1 aromatic carbocycles. The van der Waals surface area contributed by atoms with E-state index >= 15 is 0 Å². The van der Waals surface area contributed by atoms with Gasteiger partial charge in [-0.05, 0) is 38.7 Å². The summed E-state index contributed by atoms with van der Waals surface area (Å²) in [7, 11) is 0. The summed E-state index contributed by atoms with van der Waals surface area (Å²) in [6.45, 7) is 0. The zero-order valence-corrected chi connectivity index (χ0v) is 12.0. The van der Waals surface area contributed by atoms with Crippen molar-refractivity contribution in [2.45, 2.75) is 11.8 Å². The van der Waals surface area contributed by atoms with Gasteiger partial charge in [0.2, 0.25) is 0 Å². The fourth-order valence-electron chi connectivity index (χ4n) is 3.03. The number of halogens is 1. The number of hydrogen-bond donors (Lipinski definition) is 0. The van der Waals surface area contributed by atoms with Crippen LogP contribution in [0.25, 0.3) is 10.4 Å². The summed E-state index contributed by atoms with van der Waals surface area (Å²) in [5.74, 6) is 1.00. The molecule has 18 heavy (non-hydrogen) atoms. The van der Waals surface area contributed by atoms with Gasteiger partial charge in [-0.1, -0.05) is 48.6 Å². The molecule has 0 saturated heterocycles. The van der Waals surface area contributed by atoms with Gasteiger partial charge in [-0.2, -0.15) is 0 Å². The predicted molar refractivity (Wildman–Crippen MR) is 81.2 cm³/mol. The first-order valence-electron chi connectivity index (χ1n) is 6.08. The molecule has 1 aromatic heterocycles. The van der Waals surface area contributed by atoms with Gasteiger partial charge in [0.1, 0.15) is 0 Å². The maximum atomic E-state index is 3.64. The highest BCUT2D eigenvalue weighted by atomic mass is 79.9. The molecule has 1 heterocycles. The van der Waals surface area contributed by atoms with E-state index in [4.69, 9.17) is 0 Å². The van der Waals surface area contributed by atoms with Crippen molar-refractivity contribution in [1.82, 2.24) is 0 Å². The smallest absolute Gasteiger partial charge is 0.0708 e. The highest BCUT2D eigenvalue weighted by Gasteiger charge is 2.32. The fraction of sp³-hybridized carbons (Fsp3) is 0.125. The summed E-state index contributed by atoms with van der Waals surface area (Å²) in [5, 5.41) is 0. The van der Waals surface area contributed by atoms with Crippen molar-refractivity contribution in [3.05, 3.63) is 69.5 Å². The van der Waals surface area contributed by atoms with Crippen molar-refractivity contribution in [2.24, 2.45) is 0 Å². The molecule has 2 unspecified atom stereocenters. The van der Waals surface area contributed by atoms with Crippen LogP contribution < -0.4 is 0 Å². The normalized spacial score (nSPS) is 23.4. The highest BCUT2D eigenvalue weighted by Crippen LogP contribution is 2.52. The summed E-state index contributed by atoms with van der Waals surface area (Å²) in [5.41, 5.74) is 4.34. The number of allylic oxidation sites excluding steroid dienone is 4. The number of thiophene rings is 1. The fourth-order valence-corrected chi connectivity index (χ4v) is 4.75. The Bertz CT molecular complexity index is 678. The van der Waals surface area contributed by atoms with E-state index in [1.54, 1.807) is 0 Å². The minimum Gasteiger partial charge on any atom is -0.128 e. The lowest BCUT2D eigenvalue weighted by molar-refractivity contribution is 0.723. The second kappa shape index (κ2) is 3.94. The van der Waals surface area contributed by atoms with Crippen LogP contribution in [0.2, 0.25) is 0 Å². The third-order valence-corrected chi connectivity index (χ3v) is 5.48. The molecule has 0 saturated carbocycles. The van der Waals surface area contributed by atoms with E-state index in [2.05, 4.69) is 70.6 Å². The molecule has 2 aromatic rings. The molecule has 2 heteroatoms. The Morgan fingerprint density at radius 3 is 2.50 bits per heavy atom. The van der Waals surface area contributed by atoms with Gasteiger partial charge in [0.05, 0.1) is 3.79 Å². The molecule has 4 rings (SSSR count). The first-order chi connectivity index (χ1) is 8.84. The molecular formula is C16H11BrS. The summed E-state index contributed by atoms with van der Waals surface area (Å²) in [6, 6.07) is 11.1. The zero-order valence-electron chi connectivity index (χ0n) is 9.64. The first kappa shape index (κ1) is 10.8. The van der Waals surface area contributed by atoms with Crippen LogP contribution in [0.4, 0.5) is 0 Å². The number of rotatable bonds is 0. The molecule has 0 nitrogen and oxygen atoms in total. The Morgan fingerprint density at radius 1 is 0.944 bits per heavy atom. The Labute approximate surface area is 119 Å². The van der Waals surface area contributed by atoms with E-state index in [0.717, 1.165) is 0 Å². The molecule has 0 aliphatic heterocycles. The lowest BCUT2D eigenvalue weighted by atomic mass is 9.73. The summed E-state index contributed by atoms with van der Waals surface area (Å²) in [4.78, 5) is 1.43. The van der Waals surface area contributed by atoms with Gasteiger partial charge in [0, 0.05) is 16.7 Å². The van der Waals surface area contributed by atoms with Crippen molar-refractivity contribution < 1.29 is 0 Å². The van der Waals surface area contributed by atoms with Crippen molar-refractivity contribution in [2.75, 3.05) is 0 Å². The molecule has 0 amide bonds. The van der Waals surface area contributed by atoms with Crippen LogP contribution in [0.3, 0.4) is 0 Å². The molecule has 0 bridgehead atoms. The minimum atomic E-state index is 0.500. The predicted octanol–water partition coefficient (Wildman–Crippen LogP) is 5.48. The molecule has 0 fully saturated rings. The van der Waals surface area contributed by atoms with Crippen LogP contribution in [0, 0.1) is 0 Å². The van der Waals surface area contributed by atoms with E-state index in [-0.39, 0.29) is 0 Å². The van der Waals surface area contributed by atoms with E-state index in [0.29, 0.717) is 11.8 Å². The Morgan fingerprint density at radius 2 is 1.67 bits per heavy atom. The van der Waals surface area contributed by atoms with Crippen LogP contribution in [0.1, 0.15) is 23.0 Å². The summed E-state index contributed by atoms with van der Waals surface area (Å²) >= 11 is 5.48. The maximum absolute atomic E-state index is 3.64. The average molecular weight is 315 g/mol. The van der Waals surface area contributed by atoms with Crippen LogP contribution >= 0.6 is 27.3 Å². The zero-order chi connectivity index (χ0) is 12.1. The van der Waals surface area contributed by atoms with Crippen LogP contribution in [-0.2, 0) is 0 Å². The number of fused-ring (bicyclic) bond motifs is 6. The van der Waals surface area contributed by atoms with Crippen molar-refractivity contribution in [3.8, 4) is 10.4 Å². The molecular weight excluding hydrogens is 304 g/mol. The van der Waals surface area contributed by atoms with Crippen LogP contribution in [-0.4, -0.2) is 0 Å². The summed E-state index contributed by atoms with van der Waals surface area (Å²) in [6.07, 6.45) is 9.01. The van der Waals surface area contributed by atoms with E-state index < -0.39 is 0 Å². The lowest BCUT2D eigenvalue weighted by Crippen LogP contribution is -2.14. The largest absolute Gasteiger partial charge is 0.128 e. The van der Waals surface area contributed by atoms with Gasteiger partial charge in [0.15, 0.2) is 0 Å². The second-order valence-electron chi connectivity index (χ2n) is 4.74. The van der Waals surface area contributed by atoms with Gasteiger partial charge in [-0.25, -0.2) is 0 Å². The monoisotopic (exact) mass is 314 g/mol. The van der Waals surface area contributed by atoms with E-state index in [1.807, 2.05) is 11.3 Å². The Hall–Kier alpha value is -1.12. The molecule has 0 radical (unpaired) electrons. The van der Waals surface area contributed by atoms with Gasteiger partial charge in [-0.15, -0.1) is 11.3 Å². The molecule has 2 atom stereocenters.